The van der Waals surface area contributed by atoms with E-state index in [0.29, 0.717) is 36.6 Å². The van der Waals surface area contributed by atoms with Crippen LogP contribution < -0.4 is 20.5 Å². The van der Waals surface area contributed by atoms with Crippen molar-refractivity contribution in [3.05, 3.63) is 93.9 Å². The van der Waals surface area contributed by atoms with E-state index in [1.54, 1.807) is 37.4 Å². The Morgan fingerprint density at radius 1 is 0.927 bits per heavy atom. The van der Waals surface area contributed by atoms with Crippen LogP contribution in [0.5, 0.6) is 5.75 Å². The second kappa shape index (κ2) is 10.6. The molecule has 2 aromatic carbocycles. The summed E-state index contributed by atoms with van der Waals surface area (Å²) in [4.78, 5) is 57.4. The summed E-state index contributed by atoms with van der Waals surface area (Å²) in [5.74, 6) is -0.250. The number of amides is 4. The minimum Gasteiger partial charge on any atom is -0.496 e. The minimum absolute atomic E-state index is 0.00312. The summed E-state index contributed by atoms with van der Waals surface area (Å²) in [5.41, 5.74) is 1.63. The molecule has 0 radical (unpaired) electrons. The van der Waals surface area contributed by atoms with Crippen LogP contribution in [-0.4, -0.2) is 54.1 Å². The van der Waals surface area contributed by atoms with Gasteiger partial charge >= 0.3 is 6.03 Å². The van der Waals surface area contributed by atoms with Crippen LogP contribution >= 0.6 is 0 Å². The van der Waals surface area contributed by atoms with Gasteiger partial charge < -0.3 is 14.2 Å². The first-order chi connectivity index (χ1) is 19.8. The third kappa shape index (κ3) is 4.74. The van der Waals surface area contributed by atoms with Gasteiger partial charge in [-0.3, -0.25) is 19.7 Å². The summed E-state index contributed by atoms with van der Waals surface area (Å²) in [5, 5.41) is 2.51. The van der Waals surface area contributed by atoms with Crippen molar-refractivity contribution in [2.45, 2.75) is 38.6 Å². The molecule has 4 amide bonds. The number of methoxy groups -OCH3 is 1. The van der Waals surface area contributed by atoms with Crippen molar-refractivity contribution in [1.29, 1.82) is 0 Å². The quantitative estimate of drug-likeness (QED) is 0.450. The monoisotopic (exact) mass is 554 g/mol. The zero-order chi connectivity index (χ0) is 28.7. The lowest BCUT2D eigenvalue weighted by Gasteiger charge is -2.47. The molecule has 0 saturated carbocycles. The van der Waals surface area contributed by atoms with E-state index in [1.165, 1.54) is 0 Å². The van der Waals surface area contributed by atoms with Gasteiger partial charge in [0.1, 0.15) is 11.2 Å². The average Bonchev–Trinajstić information content (AvgIpc) is 2.97. The highest BCUT2D eigenvalue weighted by molar-refractivity contribution is 6.30. The van der Waals surface area contributed by atoms with E-state index < -0.39 is 23.3 Å². The first-order valence-corrected chi connectivity index (χ1v) is 14.2. The van der Waals surface area contributed by atoms with Crippen molar-refractivity contribution in [3.8, 4) is 5.75 Å². The highest BCUT2D eigenvalue weighted by atomic mass is 16.5. The number of ether oxygens (including phenoxy) is 1. The van der Waals surface area contributed by atoms with Gasteiger partial charge in [-0.15, -0.1) is 0 Å². The molecule has 1 aromatic heterocycles. The Labute approximate surface area is 238 Å². The number of pyridine rings is 1. The third-order valence-electron chi connectivity index (χ3n) is 8.81. The Kier molecular flexibility index (Phi) is 6.99. The molecule has 3 aromatic rings. The van der Waals surface area contributed by atoms with Gasteiger partial charge in [-0.05, 0) is 54.2 Å². The Morgan fingerprint density at radius 2 is 1.71 bits per heavy atom. The molecule has 9 nitrogen and oxygen atoms in total. The number of fused-ring (bicyclic) bond motifs is 4. The number of hydrogen-bond donors (Lipinski definition) is 1. The van der Waals surface area contributed by atoms with Crippen LogP contribution in [0.4, 0.5) is 10.5 Å². The van der Waals surface area contributed by atoms with Crippen molar-refractivity contribution in [1.82, 2.24) is 14.8 Å². The van der Waals surface area contributed by atoms with Crippen molar-refractivity contribution in [2.24, 2.45) is 11.3 Å². The Hall–Kier alpha value is -4.24. The summed E-state index contributed by atoms with van der Waals surface area (Å²) >= 11 is 0. The van der Waals surface area contributed by atoms with Crippen LogP contribution in [0.1, 0.15) is 36.1 Å². The molecular formula is C32H34N4O5. The number of carbonyl (C=O) groups is 3. The van der Waals surface area contributed by atoms with E-state index in [2.05, 4.69) is 10.2 Å². The van der Waals surface area contributed by atoms with Crippen LogP contribution in [0.3, 0.4) is 0 Å². The highest BCUT2D eigenvalue weighted by Crippen LogP contribution is 2.40. The Balaban J connectivity index is 1.39. The van der Waals surface area contributed by atoms with E-state index in [-0.39, 0.29) is 30.4 Å². The normalized spacial score (nSPS) is 24.1. The molecule has 2 saturated heterocycles. The molecule has 2 bridgehead atoms. The summed E-state index contributed by atoms with van der Waals surface area (Å²) < 4.78 is 7.45. The fourth-order valence-electron chi connectivity index (χ4n) is 6.82. The van der Waals surface area contributed by atoms with E-state index in [1.807, 2.05) is 47.9 Å². The number of carbonyl (C=O) groups excluding carboxylic acids is 3. The third-order valence-corrected chi connectivity index (χ3v) is 8.81. The molecule has 3 aliphatic rings. The number of rotatable bonds is 7. The number of anilines is 1. The maximum atomic E-state index is 14.5. The van der Waals surface area contributed by atoms with Crippen LogP contribution in [0.2, 0.25) is 0 Å². The molecule has 41 heavy (non-hydrogen) atoms. The lowest BCUT2D eigenvalue weighted by Crippen LogP contribution is -2.68. The van der Waals surface area contributed by atoms with Gasteiger partial charge in [0.2, 0.25) is 5.91 Å². The fourth-order valence-corrected chi connectivity index (χ4v) is 6.82. The molecule has 3 atom stereocenters. The molecule has 0 aliphatic carbocycles. The number of hydrogen-bond acceptors (Lipinski definition) is 6. The molecule has 1 unspecified atom stereocenters. The van der Waals surface area contributed by atoms with Crippen molar-refractivity contribution in [2.75, 3.05) is 31.6 Å². The van der Waals surface area contributed by atoms with Crippen LogP contribution in [-0.2, 0) is 29.0 Å². The summed E-state index contributed by atoms with van der Waals surface area (Å²) in [7, 11) is 1.56. The second-order valence-corrected chi connectivity index (χ2v) is 11.4. The first kappa shape index (κ1) is 27.0. The van der Waals surface area contributed by atoms with Crippen molar-refractivity contribution >= 4 is 23.5 Å². The molecule has 9 heteroatoms. The van der Waals surface area contributed by atoms with Crippen LogP contribution in [0.15, 0.2) is 71.5 Å². The molecular weight excluding hydrogens is 520 g/mol. The van der Waals surface area contributed by atoms with Crippen molar-refractivity contribution < 1.29 is 19.1 Å². The number of nitrogens with one attached hydrogen (secondary N) is 1. The van der Waals surface area contributed by atoms with E-state index in [4.69, 9.17) is 4.74 Å². The number of piperidine rings is 1. The maximum Gasteiger partial charge on any atom is 0.335 e. The van der Waals surface area contributed by atoms with Gasteiger partial charge in [0.25, 0.3) is 11.5 Å². The SMILES string of the molecule is CCc1ccc(N2C(=O)NC(=O)C(Cc3ccccc3OC)(CN3C[C@H]4C[C@@H](C3)c3cccc(=O)n3C4)C2=O)cc1. The highest BCUT2D eigenvalue weighted by Gasteiger charge is 2.56. The van der Waals surface area contributed by atoms with Gasteiger partial charge in [0, 0.05) is 50.3 Å². The molecule has 2 fully saturated rings. The molecule has 212 valence electrons. The number of imide groups is 2. The van der Waals surface area contributed by atoms with Gasteiger partial charge in [-0.2, -0.15) is 0 Å². The number of aromatic nitrogens is 1. The van der Waals surface area contributed by atoms with Crippen molar-refractivity contribution in [3.63, 3.8) is 0 Å². The number of benzene rings is 2. The van der Waals surface area contributed by atoms with E-state index >= 15 is 0 Å². The predicted octanol–water partition coefficient (Wildman–Crippen LogP) is 3.35. The van der Waals surface area contributed by atoms with Crippen LogP contribution in [0, 0.1) is 11.3 Å². The number of likely N-dealkylation sites (tertiary alicyclic amines) is 1. The smallest absolute Gasteiger partial charge is 0.335 e. The zero-order valence-corrected chi connectivity index (χ0v) is 23.3. The average molecular weight is 555 g/mol. The fraction of sp³-hybridized carbons (Fsp3) is 0.375. The van der Waals surface area contributed by atoms with E-state index in [9.17, 15) is 19.2 Å². The summed E-state index contributed by atoms with van der Waals surface area (Å²) in [6.45, 7) is 4.03. The van der Waals surface area contributed by atoms with Gasteiger partial charge in [-0.1, -0.05) is 43.3 Å². The molecule has 0 spiro atoms. The van der Waals surface area contributed by atoms with E-state index in [0.717, 1.165) is 29.0 Å². The Bertz CT molecular complexity index is 1560. The number of nitrogens with zero attached hydrogens (tertiary/aromatic N) is 3. The van der Waals surface area contributed by atoms with Gasteiger partial charge in [0.15, 0.2) is 0 Å². The maximum absolute atomic E-state index is 14.5. The Morgan fingerprint density at radius 3 is 2.46 bits per heavy atom. The summed E-state index contributed by atoms with van der Waals surface area (Å²) in [6.07, 6.45) is 1.84. The molecule has 3 aliphatic heterocycles. The first-order valence-electron chi connectivity index (χ1n) is 14.2. The second-order valence-electron chi connectivity index (χ2n) is 11.4. The standard InChI is InChI=1S/C32H34N4O5/c1-3-21-11-13-25(14-12-21)36-30(39)32(29(38)33-31(36)40,16-23-7-4-5-9-27(23)41-2)20-34-17-22-15-24(19-34)26-8-6-10-28(37)35(26)18-22/h4-14,22,24H,3,15-20H2,1-2H3,(H,33,38,40)/t22-,24+,32?/m1/s1. The minimum atomic E-state index is -1.58. The van der Waals surface area contributed by atoms with Gasteiger partial charge in [-0.25, -0.2) is 9.69 Å². The largest absolute Gasteiger partial charge is 0.496 e. The summed E-state index contributed by atoms with van der Waals surface area (Å²) in [6, 6.07) is 19.3. The number of aryl methyl sites for hydroxylation is 1. The topological polar surface area (TPSA) is 101 Å². The zero-order valence-electron chi connectivity index (χ0n) is 23.3. The number of urea groups is 1. The molecule has 6 rings (SSSR count). The number of barbiturate groups is 1. The molecule has 1 N–H and O–H groups in total. The van der Waals surface area contributed by atoms with Crippen LogP contribution in [0.25, 0.3) is 0 Å². The van der Waals surface area contributed by atoms with Gasteiger partial charge in [0.05, 0.1) is 12.8 Å². The molecule has 4 heterocycles. The lowest BCUT2D eigenvalue weighted by molar-refractivity contribution is -0.144. The predicted molar refractivity (Wildman–Crippen MR) is 154 cm³/mol. The lowest BCUT2D eigenvalue weighted by atomic mass is 9.75. The number of para-hydroxylation sites is 1.